The Morgan fingerprint density at radius 2 is 2.06 bits per heavy atom. The Morgan fingerprint density at radius 3 is 2.67 bits per heavy atom. The third kappa shape index (κ3) is 2.73. The van der Waals surface area contributed by atoms with Gasteiger partial charge in [0, 0.05) is 17.5 Å². The zero-order valence-corrected chi connectivity index (χ0v) is 10.5. The quantitative estimate of drug-likeness (QED) is 0.835. The van der Waals surface area contributed by atoms with Gasteiger partial charge in [0.2, 0.25) is 0 Å². The molecule has 0 aliphatic carbocycles. The summed E-state index contributed by atoms with van der Waals surface area (Å²) in [6, 6.07) is 6.98. The van der Waals surface area contributed by atoms with E-state index >= 15 is 0 Å². The largest absolute Gasteiger partial charge is 0.337 e. The SMILES string of the molecule is CN(Cc1cccs1)C(=O)c1ccc(F)c(F)c1. The highest BCUT2D eigenvalue weighted by atomic mass is 32.1. The highest BCUT2D eigenvalue weighted by molar-refractivity contribution is 7.09. The van der Waals surface area contributed by atoms with Crippen LogP contribution in [0.25, 0.3) is 0 Å². The van der Waals surface area contributed by atoms with Gasteiger partial charge in [-0.2, -0.15) is 0 Å². The molecule has 1 aromatic heterocycles. The van der Waals surface area contributed by atoms with Gasteiger partial charge in [-0.05, 0) is 29.6 Å². The Labute approximate surface area is 107 Å². The number of rotatable bonds is 3. The molecule has 1 amide bonds. The molecule has 0 aliphatic rings. The maximum atomic E-state index is 13.0. The van der Waals surface area contributed by atoms with Crippen LogP contribution in [0.2, 0.25) is 0 Å². The Morgan fingerprint density at radius 1 is 1.28 bits per heavy atom. The first-order valence-electron chi connectivity index (χ1n) is 5.31. The van der Waals surface area contributed by atoms with Crippen molar-refractivity contribution in [1.82, 2.24) is 4.90 Å². The number of benzene rings is 1. The number of hydrogen-bond donors (Lipinski definition) is 0. The maximum Gasteiger partial charge on any atom is 0.254 e. The lowest BCUT2D eigenvalue weighted by molar-refractivity contribution is 0.0786. The molecular formula is C13H11F2NOS. The third-order valence-corrected chi connectivity index (χ3v) is 3.35. The minimum atomic E-state index is -1.01. The van der Waals surface area contributed by atoms with Crippen LogP contribution < -0.4 is 0 Å². The molecule has 18 heavy (non-hydrogen) atoms. The number of nitrogens with zero attached hydrogens (tertiary/aromatic N) is 1. The minimum absolute atomic E-state index is 0.146. The molecule has 5 heteroatoms. The fourth-order valence-electron chi connectivity index (χ4n) is 1.56. The molecule has 1 heterocycles. The number of hydrogen-bond acceptors (Lipinski definition) is 2. The fourth-order valence-corrected chi connectivity index (χ4v) is 2.31. The molecule has 0 atom stereocenters. The lowest BCUT2D eigenvalue weighted by Crippen LogP contribution is -2.25. The smallest absolute Gasteiger partial charge is 0.254 e. The Kier molecular flexibility index (Phi) is 3.72. The Balaban J connectivity index is 2.12. The number of carbonyl (C=O) groups is 1. The second kappa shape index (κ2) is 5.27. The van der Waals surface area contributed by atoms with Crippen molar-refractivity contribution in [2.45, 2.75) is 6.54 Å². The summed E-state index contributed by atoms with van der Waals surface area (Å²) < 4.78 is 25.8. The number of halogens is 2. The summed E-state index contributed by atoms with van der Waals surface area (Å²) in [6.45, 7) is 0.454. The van der Waals surface area contributed by atoms with E-state index in [0.717, 1.165) is 17.0 Å². The molecule has 0 saturated heterocycles. The third-order valence-electron chi connectivity index (χ3n) is 2.49. The van der Waals surface area contributed by atoms with Crippen LogP contribution in [0.3, 0.4) is 0 Å². The molecule has 0 radical (unpaired) electrons. The predicted octanol–water partition coefficient (Wildman–Crippen LogP) is 3.30. The van der Waals surface area contributed by atoms with Gasteiger partial charge in [-0.15, -0.1) is 11.3 Å². The average Bonchev–Trinajstić information content (AvgIpc) is 2.84. The first-order valence-corrected chi connectivity index (χ1v) is 6.19. The fraction of sp³-hybridized carbons (Fsp3) is 0.154. The van der Waals surface area contributed by atoms with Crippen LogP contribution in [0.15, 0.2) is 35.7 Å². The summed E-state index contributed by atoms with van der Waals surface area (Å²) in [5.41, 5.74) is 0.146. The van der Waals surface area contributed by atoms with E-state index in [1.54, 1.807) is 18.4 Å². The molecule has 0 bridgehead atoms. The molecule has 0 saturated carbocycles. The zero-order valence-electron chi connectivity index (χ0n) is 9.69. The molecule has 94 valence electrons. The van der Waals surface area contributed by atoms with Crippen molar-refractivity contribution < 1.29 is 13.6 Å². The average molecular weight is 267 g/mol. The lowest BCUT2D eigenvalue weighted by atomic mass is 10.2. The minimum Gasteiger partial charge on any atom is -0.337 e. The van der Waals surface area contributed by atoms with Crippen molar-refractivity contribution in [1.29, 1.82) is 0 Å². The van der Waals surface area contributed by atoms with Gasteiger partial charge in [-0.1, -0.05) is 6.07 Å². The lowest BCUT2D eigenvalue weighted by Gasteiger charge is -2.16. The Bertz CT molecular complexity index is 554. The highest BCUT2D eigenvalue weighted by Crippen LogP contribution is 2.14. The van der Waals surface area contributed by atoms with E-state index in [-0.39, 0.29) is 11.5 Å². The maximum absolute atomic E-state index is 13.0. The van der Waals surface area contributed by atoms with Crippen molar-refractivity contribution in [2.75, 3.05) is 7.05 Å². The summed E-state index contributed by atoms with van der Waals surface area (Å²) in [7, 11) is 1.63. The topological polar surface area (TPSA) is 20.3 Å². The van der Waals surface area contributed by atoms with Gasteiger partial charge in [-0.25, -0.2) is 8.78 Å². The van der Waals surface area contributed by atoms with Gasteiger partial charge < -0.3 is 4.90 Å². The number of amides is 1. The van der Waals surface area contributed by atoms with Crippen molar-refractivity contribution in [3.63, 3.8) is 0 Å². The van der Waals surface area contributed by atoms with Gasteiger partial charge in [-0.3, -0.25) is 4.79 Å². The van der Waals surface area contributed by atoms with E-state index < -0.39 is 11.6 Å². The van der Waals surface area contributed by atoms with E-state index in [0.29, 0.717) is 6.54 Å². The first-order chi connectivity index (χ1) is 8.58. The normalized spacial score (nSPS) is 10.4. The summed E-state index contributed by atoms with van der Waals surface area (Å²) in [5.74, 6) is -2.29. The number of carbonyl (C=O) groups excluding carboxylic acids is 1. The van der Waals surface area contributed by atoms with Gasteiger partial charge in [0.15, 0.2) is 11.6 Å². The van der Waals surface area contributed by atoms with Crippen molar-refractivity contribution in [2.24, 2.45) is 0 Å². The molecule has 2 rings (SSSR count). The molecule has 1 aromatic carbocycles. The van der Waals surface area contributed by atoms with Crippen molar-refractivity contribution >= 4 is 17.2 Å². The molecule has 0 unspecified atom stereocenters. The van der Waals surface area contributed by atoms with Crippen molar-refractivity contribution in [3.05, 3.63) is 57.8 Å². The molecule has 0 fully saturated rings. The van der Waals surface area contributed by atoms with Gasteiger partial charge in [0.1, 0.15) is 0 Å². The second-order valence-corrected chi connectivity index (χ2v) is 4.90. The van der Waals surface area contributed by atoms with E-state index in [9.17, 15) is 13.6 Å². The van der Waals surface area contributed by atoms with E-state index in [2.05, 4.69) is 0 Å². The number of thiophene rings is 1. The molecule has 0 N–H and O–H groups in total. The monoisotopic (exact) mass is 267 g/mol. The van der Waals surface area contributed by atoms with Crippen molar-refractivity contribution in [3.8, 4) is 0 Å². The predicted molar refractivity (Wildman–Crippen MR) is 66.5 cm³/mol. The molecule has 2 nitrogen and oxygen atoms in total. The zero-order chi connectivity index (χ0) is 13.1. The van der Waals surface area contributed by atoms with Crippen LogP contribution in [0.4, 0.5) is 8.78 Å². The molecular weight excluding hydrogens is 256 g/mol. The van der Waals surface area contributed by atoms with Crippen LogP contribution in [-0.2, 0) is 6.54 Å². The highest BCUT2D eigenvalue weighted by Gasteiger charge is 2.14. The van der Waals surface area contributed by atoms with Crippen LogP contribution in [-0.4, -0.2) is 17.9 Å². The standard InChI is InChI=1S/C13H11F2NOS/c1-16(8-10-3-2-6-18-10)13(17)9-4-5-11(14)12(15)7-9/h2-7H,8H2,1H3. The van der Waals surface area contributed by atoms with Crippen LogP contribution in [0.5, 0.6) is 0 Å². The van der Waals surface area contributed by atoms with Crippen LogP contribution in [0.1, 0.15) is 15.2 Å². The summed E-state index contributed by atoms with van der Waals surface area (Å²) >= 11 is 1.54. The second-order valence-electron chi connectivity index (χ2n) is 3.87. The summed E-state index contributed by atoms with van der Waals surface area (Å²) in [5, 5.41) is 1.92. The van der Waals surface area contributed by atoms with E-state index in [4.69, 9.17) is 0 Å². The van der Waals surface area contributed by atoms with Gasteiger partial charge in [0.05, 0.1) is 6.54 Å². The molecule has 2 aromatic rings. The summed E-state index contributed by atoms with van der Waals surface area (Å²) in [4.78, 5) is 14.5. The summed E-state index contributed by atoms with van der Waals surface area (Å²) in [6.07, 6.45) is 0. The van der Waals surface area contributed by atoms with Gasteiger partial charge >= 0.3 is 0 Å². The van der Waals surface area contributed by atoms with Gasteiger partial charge in [0.25, 0.3) is 5.91 Å². The molecule has 0 aliphatic heterocycles. The molecule has 0 spiro atoms. The first kappa shape index (κ1) is 12.7. The van der Waals surface area contributed by atoms with E-state index in [1.165, 1.54) is 11.0 Å². The Hall–Kier alpha value is -1.75. The van der Waals surface area contributed by atoms with E-state index in [1.807, 2.05) is 17.5 Å². The van der Waals surface area contributed by atoms with Crippen LogP contribution >= 0.6 is 11.3 Å². The van der Waals surface area contributed by atoms with Crippen LogP contribution in [0, 0.1) is 11.6 Å².